The van der Waals surface area contributed by atoms with E-state index in [0.717, 1.165) is 18.2 Å². The van der Waals surface area contributed by atoms with Crippen LogP contribution >= 0.6 is 11.8 Å². The quantitative estimate of drug-likeness (QED) is 0.406. The number of primary amides is 1. The van der Waals surface area contributed by atoms with Gasteiger partial charge in [0.25, 0.3) is 17.7 Å². The van der Waals surface area contributed by atoms with Crippen LogP contribution in [0.4, 0.5) is 19.0 Å². The highest BCUT2D eigenvalue weighted by Gasteiger charge is 2.52. The van der Waals surface area contributed by atoms with Crippen LogP contribution in [0.5, 0.6) is 0 Å². The number of nitrogens with two attached hydrogens (primary N) is 1. The van der Waals surface area contributed by atoms with Crippen LogP contribution in [-0.4, -0.2) is 75.0 Å². The molecule has 10 nitrogen and oxygen atoms in total. The number of nitrogens with one attached hydrogen (secondary N) is 1. The Balaban J connectivity index is 1.48. The number of aromatic nitrogens is 2. The third-order valence-corrected chi connectivity index (χ3v) is 9.51. The highest BCUT2D eigenvalue weighted by atomic mass is 32.2. The Hall–Kier alpha value is -4.33. The SMILES string of the molecule is CCN1C(=O)[C@@H](NC(=O)c2cccc(C(F)(F)F)c2)[C@@H](C2CC2)c2c(C(=O)N3CCSCC3C(N)=O)nn(-c3ccccc3)c21. The first-order chi connectivity index (χ1) is 21.5. The van der Waals surface area contributed by atoms with Crippen molar-refractivity contribution in [1.29, 1.82) is 0 Å². The average molecular weight is 641 g/mol. The Morgan fingerprint density at radius 2 is 1.82 bits per heavy atom. The van der Waals surface area contributed by atoms with E-state index in [9.17, 15) is 32.3 Å². The number of anilines is 1. The van der Waals surface area contributed by atoms with Crippen molar-refractivity contribution in [3.05, 3.63) is 77.0 Å². The lowest BCUT2D eigenvalue weighted by atomic mass is 9.82. The maximum absolute atomic E-state index is 14.3. The van der Waals surface area contributed by atoms with Crippen molar-refractivity contribution in [2.75, 3.05) is 29.5 Å². The predicted molar refractivity (Wildman–Crippen MR) is 161 cm³/mol. The number of nitrogens with zero attached hydrogens (tertiary/aromatic N) is 4. The summed E-state index contributed by atoms with van der Waals surface area (Å²) in [4.78, 5) is 57.2. The smallest absolute Gasteiger partial charge is 0.368 e. The van der Waals surface area contributed by atoms with E-state index in [4.69, 9.17) is 10.8 Å². The number of para-hydroxylation sites is 1. The lowest BCUT2D eigenvalue weighted by Gasteiger charge is -2.39. The van der Waals surface area contributed by atoms with Gasteiger partial charge in [-0.05, 0) is 56.0 Å². The molecule has 0 spiro atoms. The molecule has 2 aromatic carbocycles. The molecule has 6 rings (SSSR count). The largest absolute Gasteiger partial charge is 0.416 e. The summed E-state index contributed by atoms with van der Waals surface area (Å²) in [6.45, 7) is 2.18. The molecule has 14 heteroatoms. The van der Waals surface area contributed by atoms with Gasteiger partial charge in [0.1, 0.15) is 17.9 Å². The molecule has 1 unspecified atom stereocenters. The van der Waals surface area contributed by atoms with Gasteiger partial charge >= 0.3 is 6.18 Å². The van der Waals surface area contributed by atoms with Gasteiger partial charge in [-0.25, -0.2) is 4.68 Å². The molecule has 45 heavy (non-hydrogen) atoms. The van der Waals surface area contributed by atoms with Gasteiger partial charge in [0, 0.05) is 41.6 Å². The van der Waals surface area contributed by atoms with Gasteiger partial charge in [-0.1, -0.05) is 24.3 Å². The second kappa shape index (κ2) is 11.9. The van der Waals surface area contributed by atoms with Crippen molar-refractivity contribution in [3.63, 3.8) is 0 Å². The summed E-state index contributed by atoms with van der Waals surface area (Å²) in [5.41, 5.74) is 5.56. The van der Waals surface area contributed by atoms with E-state index < -0.39 is 53.4 Å². The van der Waals surface area contributed by atoms with E-state index in [0.29, 0.717) is 41.4 Å². The number of thioether (sulfide) groups is 1. The highest BCUT2D eigenvalue weighted by molar-refractivity contribution is 7.99. The molecule has 3 atom stereocenters. The molecule has 0 radical (unpaired) electrons. The molecule has 1 aliphatic carbocycles. The molecular weight excluding hydrogens is 609 g/mol. The van der Waals surface area contributed by atoms with E-state index in [2.05, 4.69) is 5.32 Å². The van der Waals surface area contributed by atoms with Gasteiger partial charge < -0.3 is 16.0 Å². The molecule has 2 aliphatic heterocycles. The summed E-state index contributed by atoms with van der Waals surface area (Å²) in [7, 11) is 0. The first kappa shape index (κ1) is 30.7. The molecule has 2 fully saturated rings. The number of likely N-dealkylation sites (N-methyl/N-ethyl adjacent to an activating group) is 1. The summed E-state index contributed by atoms with van der Waals surface area (Å²) in [5, 5.41) is 7.49. The third kappa shape index (κ3) is 5.67. The minimum absolute atomic E-state index is 0.0492. The Morgan fingerprint density at radius 1 is 1.09 bits per heavy atom. The van der Waals surface area contributed by atoms with Crippen molar-refractivity contribution in [2.24, 2.45) is 11.7 Å². The Morgan fingerprint density at radius 3 is 2.47 bits per heavy atom. The second-order valence-electron chi connectivity index (χ2n) is 11.3. The number of alkyl halides is 3. The Labute approximate surface area is 261 Å². The molecule has 3 heterocycles. The minimum Gasteiger partial charge on any atom is -0.368 e. The number of rotatable bonds is 7. The zero-order valence-corrected chi connectivity index (χ0v) is 25.1. The number of carbonyl (C=O) groups is 4. The maximum atomic E-state index is 14.3. The van der Waals surface area contributed by atoms with Crippen molar-refractivity contribution in [3.8, 4) is 5.69 Å². The normalized spacial score (nSPS) is 21.8. The van der Waals surface area contributed by atoms with E-state index in [1.54, 1.807) is 35.9 Å². The molecule has 1 aromatic heterocycles. The Kier molecular flexibility index (Phi) is 8.10. The summed E-state index contributed by atoms with van der Waals surface area (Å²) in [5.74, 6) is -1.90. The van der Waals surface area contributed by atoms with E-state index in [1.165, 1.54) is 27.6 Å². The monoisotopic (exact) mass is 640 g/mol. The van der Waals surface area contributed by atoms with Crippen LogP contribution in [-0.2, 0) is 15.8 Å². The zero-order valence-electron chi connectivity index (χ0n) is 24.3. The number of carbonyl (C=O) groups excluding carboxylic acids is 4. The standard InChI is InChI=1S/C31H31F3N6O4S/c1-2-38-28-23(22(17-11-12-17)24(29(38)43)36-27(42)18-7-6-8-19(15-18)31(32,33)34)25(37-40(28)20-9-4-3-5-10-20)30(44)39-13-14-45-16-21(39)26(35)41/h3-10,15,17,21-22,24H,2,11-14,16H2,1H3,(H2,35,41)(H,36,42)/t21?,22-,24-/m0/s1. The zero-order chi connectivity index (χ0) is 32.0. The number of hydrogen-bond donors (Lipinski definition) is 2. The second-order valence-corrected chi connectivity index (χ2v) is 12.5. The highest BCUT2D eigenvalue weighted by Crippen LogP contribution is 2.52. The van der Waals surface area contributed by atoms with Crippen LogP contribution in [0.15, 0.2) is 54.6 Å². The first-order valence-electron chi connectivity index (χ1n) is 14.7. The van der Waals surface area contributed by atoms with Crippen LogP contribution in [0.25, 0.3) is 5.69 Å². The van der Waals surface area contributed by atoms with Gasteiger partial charge in [-0.3, -0.25) is 24.1 Å². The van der Waals surface area contributed by atoms with Crippen LogP contribution in [0.1, 0.15) is 57.7 Å². The predicted octanol–water partition coefficient (Wildman–Crippen LogP) is 3.59. The Bertz CT molecular complexity index is 1660. The summed E-state index contributed by atoms with van der Waals surface area (Å²) in [6.07, 6.45) is -3.22. The van der Waals surface area contributed by atoms with Crippen LogP contribution in [0, 0.1) is 5.92 Å². The molecule has 4 amide bonds. The maximum Gasteiger partial charge on any atom is 0.416 e. The van der Waals surface area contributed by atoms with Crippen molar-refractivity contribution in [2.45, 2.75) is 43.9 Å². The van der Waals surface area contributed by atoms with Crippen molar-refractivity contribution < 1.29 is 32.3 Å². The topological polar surface area (TPSA) is 131 Å². The minimum atomic E-state index is -4.65. The van der Waals surface area contributed by atoms with Crippen LogP contribution in [0.2, 0.25) is 0 Å². The number of hydrogen-bond acceptors (Lipinski definition) is 6. The van der Waals surface area contributed by atoms with E-state index >= 15 is 0 Å². The van der Waals surface area contributed by atoms with Crippen LogP contribution < -0.4 is 16.0 Å². The lowest BCUT2D eigenvalue weighted by Crippen LogP contribution is -2.56. The molecule has 1 saturated carbocycles. The van der Waals surface area contributed by atoms with Crippen molar-refractivity contribution >= 4 is 41.2 Å². The summed E-state index contributed by atoms with van der Waals surface area (Å²) < 4.78 is 41.8. The fourth-order valence-corrected chi connectivity index (χ4v) is 7.25. The van der Waals surface area contributed by atoms with Crippen LogP contribution in [0.3, 0.4) is 0 Å². The van der Waals surface area contributed by atoms with E-state index in [1.807, 2.05) is 6.07 Å². The molecule has 0 bridgehead atoms. The molecule has 3 aromatic rings. The van der Waals surface area contributed by atoms with Gasteiger partial charge in [0.05, 0.1) is 11.3 Å². The lowest BCUT2D eigenvalue weighted by molar-refractivity contribution is -0.137. The first-order valence-corrected chi connectivity index (χ1v) is 15.8. The number of amides is 4. The number of halogens is 3. The molecular formula is C31H31F3N6O4S. The molecule has 236 valence electrons. The fourth-order valence-electron chi connectivity index (χ4n) is 6.19. The van der Waals surface area contributed by atoms with E-state index in [-0.39, 0.29) is 30.3 Å². The summed E-state index contributed by atoms with van der Waals surface area (Å²) >= 11 is 1.51. The number of fused-ring (bicyclic) bond motifs is 1. The van der Waals surface area contributed by atoms with Crippen molar-refractivity contribution in [1.82, 2.24) is 20.0 Å². The van der Waals surface area contributed by atoms with Gasteiger partial charge in [-0.15, -0.1) is 0 Å². The molecule has 1 saturated heterocycles. The molecule has 3 N–H and O–H groups in total. The number of benzene rings is 2. The average Bonchev–Trinajstić information content (AvgIpc) is 3.80. The third-order valence-electron chi connectivity index (χ3n) is 8.48. The van der Waals surface area contributed by atoms with Gasteiger partial charge in [-0.2, -0.15) is 30.0 Å². The van der Waals surface area contributed by atoms with Gasteiger partial charge in [0.2, 0.25) is 5.91 Å². The molecule has 3 aliphatic rings. The summed E-state index contributed by atoms with van der Waals surface area (Å²) in [6, 6.07) is 11.0. The fraction of sp³-hybridized carbons (Fsp3) is 0.387. The van der Waals surface area contributed by atoms with Gasteiger partial charge in [0.15, 0.2) is 5.69 Å².